The van der Waals surface area contributed by atoms with Crippen LogP contribution >= 0.6 is 0 Å². The third kappa shape index (κ3) is 1.81. The molecular weight excluding hydrogens is 249 g/mol. The molecule has 0 saturated heterocycles. The number of phenolic OH excluding ortho intramolecular Hbond substituents is 1. The van der Waals surface area contributed by atoms with E-state index < -0.39 is 28.9 Å². The minimum absolute atomic E-state index is 0.191. The van der Waals surface area contributed by atoms with Gasteiger partial charge in [0.05, 0.1) is 11.0 Å². The molecule has 0 amide bonds. The fourth-order valence-electron chi connectivity index (χ4n) is 2.31. The molecule has 1 saturated carbocycles. The maximum atomic E-state index is 12.9. The summed E-state index contributed by atoms with van der Waals surface area (Å²) in [5, 5.41) is 18.3. The summed E-state index contributed by atoms with van der Waals surface area (Å²) in [6.45, 7) is 0. The van der Waals surface area contributed by atoms with Crippen molar-refractivity contribution in [2.75, 3.05) is 0 Å². The SMILES string of the molecule is O=C(O)C1(c2ccc(O)cc2C(F)(F)F)CCC1. The van der Waals surface area contributed by atoms with E-state index in [0.717, 1.165) is 12.1 Å². The average molecular weight is 260 g/mol. The van der Waals surface area contributed by atoms with Gasteiger partial charge < -0.3 is 10.2 Å². The van der Waals surface area contributed by atoms with Crippen molar-refractivity contribution in [3.63, 3.8) is 0 Å². The average Bonchev–Trinajstić information content (AvgIpc) is 2.16. The molecule has 0 unspecified atom stereocenters. The van der Waals surface area contributed by atoms with E-state index in [-0.39, 0.29) is 18.4 Å². The molecule has 3 nitrogen and oxygen atoms in total. The van der Waals surface area contributed by atoms with Crippen molar-refractivity contribution in [1.82, 2.24) is 0 Å². The highest BCUT2D eigenvalue weighted by Gasteiger charge is 2.50. The number of alkyl halides is 3. The Morgan fingerprint density at radius 1 is 1.28 bits per heavy atom. The van der Waals surface area contributed by atoms with Gasteiger partial charge in [-0.05, 0) is 30.5 Å². The van der Waals surface area contributed by atoms with Crippen LogP contribution in [-0.2, 0) is 16.4 Å². The second-order valence-corrected chi connectivity index (χ2v) is 4.47. The molecule has 2 rings (SSSR count). The Morgan fingerprint density at radius 2 is 1.89 bits per heavy atom. The van der Waals surface area contributed by atoms with Crippen LogP contribution in [0.1, 0.15) is 30.4 Å². The molecule has 1 aliphatic rings. The minimum atomic E-state index is -4.67. The molecule has 1 fully saturated rings. The Hall–Kier alpha value is -1.72. The van der Waals surface area contributed by atoms with Crippen LogP contribution in [0.15, 0.2) is 18.2 Å². The first kappa shape index (κ1) is 12.7. The summed E-state index contributed by atoms with van der Waals surface area (Å²) in [6, 6.07) is 2.73. The molecule has 0 spiro atoms. The van der Waals surface area contributed by atoms with Crippen molar-refractivity contribution >= 4 is 5.97 Å². The first-order valence-corrected chi connectivity index (χ1v) is 5.41. The van der Waals surface area contributed by atoms with Gasteiger partial charge in [0, 0.05) is 0 Å². The van der Waals surface area contributed by atoms with E-state index in [1.165, 1.54) is 0 Å². The summed E-state index contributed by atoms with van der Waals surface area (Å²) in [7, 11) is 0. The van der Waals surface area contributed by atoms with E-state index >= 15 is 0 Å². The van der Waals surface area contributed by atoms with E-state index in [0.29, 0.717) is 12.5 Å². The monoisotopic (exact) mass is 260 g/mol. The summed E-state index contributed by atoms with van der Waals surface area (Å²) in [5.41, 5.74) is -2.78. The van der Waals surface area contributed by atoms with Gasteiger partial charge in [-0.1, -0.05) is 12.5 Å². The molecule has 2 N–H and O–H groups in total. The Labute approximate surface area is 101 Å². The first-order valence-electron chi connectivity index (χ1n) is 5.41. The highest BCUT2D eigenvalue weighted by molar-refractivity contribution is 5.83. The molecule has 0 aliphatic heterocycles. The number of hydrogen-bond donors (Lipinski definition) is 2. The molecule has 6 heteroatoms. The van der Waals surface area contributed by atoms with E-state index in [9.17, 15) is 18.0 Å². The fraction of sp³-hybridized carbons (Fsp3) is 0.417. The van der Waals surface area contributed by atoms with Crippen LogP contribution < -0.4 is 0 Å². The summed E-state index contributed by atoms with van der Waals surface area (Å²) in [5.74, 6) is -1.77. The van der Waals surface area contributed by atoms with Gasteiger partial charge in [0.2, 0.25) is 0 Å². The van der Waals surface area contributed by atoms with Gasteiger partial charge in [0.1, 0.15) is 5.75 Å². The van der Waals surface area contributed by atoms with Gasteiger partial charge in [-0.2, -0.15) is 13.2 Å². The maximum absolute atomic E-state index is 12.9. The summed E-state index contributed by atoms with van der Waals surface area (Å²) in [4.78, 5) is 11.2. The maximum Gasteiger partial charge on any atom is 0.416 e. The van der Waals surface area contributed by atoms with Gasteiger partial charge in [-0.25, -0.2) is 0 Å². The number of aromatic hydroxyl groups is 1. The second-order valence-electron chi connectivity index (χ2n) is 4.47. The normalized spacial score (nSPS) is 18.2. The lowest BCUT2D eigenvalue weighted by Gasteiger charge is -2.39. The number of carboxylic acids is 1. The molecule has 98 valence electrons. The van der Waals surface area contributed by atoms with E-state index in [1.54, 1.807) is 0 Å². The molecule has 0 aromatic heterocycles. The van der Waals surface area contributed by atoms with E-state index in [2.05, 4.69) is 0 Å². The third-order valence-corrected chi connectivity index (χ3v) is 3.44. The minimum Gasteiger partial charge on any atom is -0.508 e. The quantitative estimate of drug-likeness (QED) is 0.859. The van der Waals surface area contributed by atoms with Gasteiger partial charge in [-0.15, -0.1) is 0 Å². The van der Waals surface area contributed by atoms with Crippen molar-refractivity contribution in [2.24, 2.45) is 0 Å². The van der Waals surface area contributed by atoms with Gasteiger partial charge >= 0.3 is 12.1 Å². The summed E-state index contributed by atoms with van der Waals surface area (Å²) >= 11 is 0. The molecule has 1 aromatic rings. The van der Waals surface area contributed by atoms with Crippen molar-refractivity contribution in [3.8, 4) is 5.75 Å². The Bertz CT molecular complexity index is 490. The van der Waals surface area contributed by atoms with Gasteiger partial charge in [0.15, 0.2) is 0 Å². The van der Waals surface area contributed by atoms with Gasteiger partial charge in [0.25, 0.3) is 0 Å². The van der Waals surface area contributed by atoms with Crippen LogP contribution in [0.5, 0.6) is 5.75 Å². The standard InChI is InChI=1S/C12H11F3O3/c13-12(14,15)9-6-7(16)2-3-8(9)11(10(17)18)4-1-5-11/h2-3,6,16H,1,4-5H2,(H,17,18). The molecule has 1 aromatic carbocycles. The smallest absolute Gasteiger partial charge is 0.416 e. The highest BCUT2D eigenvalue weighted by atomic mass is 19.4. The number of hydrogen-bond acceptors (Lipinski definition) is 2. The number of rotatable bonds is 2. The number of phenols is 1. The zero-order valence-corrected chi connectivity index (χ0v) is 9.29. The number of halogens is 3. The number of carbonyl (C=O) groups is 1. The second kappa shape index (κ2) is 3.90. The van der Waals surface area contributed by atoms with Crippen LogP contribution in [0.3, 0.4) is 0 Å². The number of carboxylic acid groups (broad SMARTS) is 1. The van der Waals surface area contributed by atoms with E-state index in [4.69, 9.17) is 10.2 Å². The van der Waals surface area contributed by atoms with Crippen LogP contribution in [-0.4, -0.2) is 16.2 Å². The molecule has 0 heterocycles. The highest BCUT2D eigenvalue weighted by Crippen LogP contribution is 2.49. The topological polar surface area (TPSA) is 57.5 Å². The molecule has 18 heavy (non-hydrogen) atoms. The predicted molar refractivity (Wildman–Crippen MR) is 56.3 cm³/mol. The lowest BCUT2D eigenvalue weighted by Crippen LogP contribution is -2.43. The first-order chi connectivity index (χ1) is 8.27. The van der Waals surface area contributed by atoms with Crippen molar-refractivity contribution in [2.45, 2.75) is 30.9 Å². The molecule has 0 bridgehead atoms. The zero-order valence-electron chi connectivity index (χ0n) is 9.29. The van der Waals surface area contributed by atoms with Crippen LogP contribution in [0.2, 0.25) is 0 Å². The van der Waals surface area contributed by atoms with Crippen molar-refractivity contribution < 1.29 is 28.2 Å². The van der Waals surface area contributed by atoms with Gasteiger partial charge in [-0.3, -0.25) is 4.79 Å². The van der Waals surface area contributed by atoms with Crippen molar-refractivity contribution in [1.29, 1.82) is 0 Å². The number of benzene rings is 1. The number of aliphatic carboxylic acids is 1. The molecule has 1 aliphatic carbocycles. The largest absolute Gasteiger partial charge is 0.508 e. The zero-order chi connectivity index (χ0) is 13.6. The fourth-order valence-corrected chi connectivity index (χ4v) is 2.31. The summed E-state index contributed by atoms with van der Waals surface area (Å²) < 4.78 is 38.6. The Morgan fingerprint density at radius 3 is 2.28 bits per heavy atom. The van der Waals surface area contributed by atoms with Crippen molar-refractivity contribution in [3.05, 3.63) is 29.3 Å². The Balaban J connectivity index is 2.61. The summed E-state index contributed by atoms with van der Waals surface area (Å²) in [6.07, 6.45) is -3.71. The third-order valence-electron chi connectivity index (χ3n) is 3.44. The van der Waals surface area contributed by atoms with Crippen LogP contribution in [0, 0.1) is 0 Å². The van der Waals surface area contributed by atoms with E-state index in [1.807, 2.05) is 0 Å². The van der Waals surface area contributed by atoms with Crippen LogP contribution in [0.4, 0.5) is 13.2 Å². The Kier molecular flexibility index (Phi) is 2.76. The molecule has 0 radical (unpaired) electrons. The predicted octanol–water partition coefficient (Wildman–Crippen LogP) is 2.92. The molecular formula is C12H11F3O3. The lowest BCUT2D eigenvalue weighted by molar-refractivity contribution is -0.149. The molecule has 0 atom stereocenters. The van der Waals surface area contributed by atoms with Crippen LogP contribution in [0.25, 0.3) is 0 Å². The lowest BCUT2D eigenvalue weighted by atomic mass is 9.63.